The third-order valence-electron chi connectivity index (χ3n) is 3.94. The number of carbonyl (C=O) groups is 2. The van der Waals surface area contributed by atoms with E-state index in [-0.39, 0.29) is 17.2 Å². The molecule has 24 heavy (non-hydrogen) atoms. The lowest BCUT2D eigenvalue weighted by atomic mass is 10.0. The molecule has 0 saturated carbocycles. The summed E-state index contributed by atoms with van der Waals surface area (Å²) < 4.78 is 1.48. The van der Waals surface area contributed by atoms with Crippen molar-refractivity contribution in [2.75, 3.05) is 12.3 Å². The summed E-state index contributed by atoms with van der Waals surface area (Å²) in [7, 11) is 0. The number of thioether (sulfide) groups is 1. The predicted molar refractivity (Wildman–Crippen MR) is 92.5 cm³/mol. The molecule has 2 aromatic heterocycles. The first-order chi connectivity index (χ1) is 11.6. The molecule has 1 amide bonds. The van der Waals surface area contributed by atoms with Gasteiger partial charge >= 0.3 is 5.97 Å². The Labute approximate surface area is 146 Å². The standard InChI is InChI=1S/C15H17N3O4S2/c19-12-7-10(16-15-18(12)5-6-24-15)8-23-9-13(20)17-4-2-1-3-11(17)14(21)22/h5-7,11H,1-4,8-9H2,(H,21,22). The van der Waals surface area contributed by atoms with E-state index in [2.05, 4.69) is 4.98 Å². The molecule has 1 aliphatic heterocycles. The molecule has 3 heterocycles. The number of likely N-dealkylation sites (tertiary alicyclic amines) is 1. The van der Waals surface area contributed by atoms with Gasteiger partial charge in [0, 0.05) is 29.9 Å². The highest BCUT2D eigenvalue weighted by Crippen LogP contribution is 2.20. The Morgan fingerprint density at radius 1 is 1.42 bits per heavy atom. The molecule has 1 saturated heterocycles. The first-order valence-electron chi connectivity index (χ1n) is 7.62. The number of carboxylic acid groups (broad SMARTS) is 1. The van der Waals surface area contributed by atoms with Crippen LogP contribution in [0.2, 0.25) is 0 Å². The summed E-state index contributed by atoms with van der Waals surface area (Å²) in [4.78, 5) is 41.9. The molecule has 0 aromatic carbocycles. The molecule has 0 radical (unpaired) electrons. The van der Waals surface area contributed by atoms with Gasteiger partial charge in [-0.15, -0.1) is 23.1 Å². The van der Waals surface area contributed by atoms with Gasteiger partial charge in [-0.05, 0) is 19.3 Å². The molecule has 1 N–H and O–H groups in total. The van der Waals surface area contributed by atoms with Crippen molar-refractivity contribution in [3.05, 3.63) is 33.7 Å². The van der Waals surface area contributed by atoms with Gasteiger partial charge < -0.3 is 10.0 Å². The van der Waals surface area contributed by atoms with Gasteiger partial charge in [-0.3, -0.25) is 14.0 Å². The number of hydrogen-bond donors (Lipinski definition) is 1. The highest BCUT2D eigenvalue weighted by Gasteiger charge is 2.31. The minimum atomic E-state index is -0.939. The zero-order chi connectivity index (χ0) is 17.1. The Hall–Kier alpha value is -1.87. The Morgan fingerprint density at radius 3 is 3.04 bits per heavy atom. The number of aliphatic carboxylic acids is 1. The summed E-state index contributed by atoms with van der Waals surface area (Å²) >= 11 is 2.74. The van der Waals surface area contributed by atoms with Gasteiger partial charge in [-0.1, -0.05) is 0 Å². The van der Waals surface area contributed by atoms with Gasteiger partial charge in [-0.25, -0.2) is 9.78 Å². The highest BCUT2D eigenvalue weighted by molar-refractivity contribution is 7.99. The van der Waals surface area contributed by atoms with Crippen molar-refractivity contribution in [1.82, 2.24) is 14.3 Å². The largest absolute Gasteiger partial charge is 0.480 e. The van der Waals surface area contributed by atoms with Gasteiger partial charge in [0.25, 0.3) is 5.56 Å². The molecule has 1 aliphatic rings. The van der Waals surface area contributed by atoms with Gasteiger partial charge in [0.15, 0.2) is 4.96 Å². The van der Waals surface area contributed by atoms with E-state index in [1.807, 2.05) is 0 Å². The first-order valence-corrected chi connectivity index (χ1v) is 9.65. The van der Waals surface area contributed by atoms with Crippen LogP contribution in [0.1, 0.15) is 25.0 Å². The topological polar surface area (TPSA) is 92.0 Å². The normalized spacial score (nSPS) is 18.0. The minimum absolute atomic E-state index is 0.134. The molecule has 1 atom stereocenters. The van der Waals surface area contributed by atoms with Crippen LogP contribution in [0.25, 0.3) is 4.96 Å². The number of rotatable bonds is 5. The fourth-order valence-electron chi connectivity index (χ4n) is 2.77. The second-order valence-electron chi connectivity index (χ2n) is 5.57. The molecule has 0 aliphatic carbocycles. The van der Waals surface area contributed by atoms with Crippen LogP contribution in [-0.2, 0) is 15.3 Å². The maximum Gasteiger partial charge on any atom is 0.326 e. The molecule has 128 valence electrons. The molecular formula is C15H17N3O4S2. The van der Waals surface area contributed by atoms with E-state index in [1.54, 1.807) is 11.6 Å². The molecule has 1 fully saturated rings. The smallest absolute Gasteiger partial charge is 0.326 e. The first kappa shape index (κ1) is 17.0. The molecular weight excluding hydrogens is 350 g/mol. The molecule has 9 heteroatoms. The second kappa shape index (κ2) is 7.35. The molecule has 2 aromatic rings. The number of hydrogen-bond acceptors (Lipinski definition) is 6. The average molecular weight is 367 g/mol. The molecule has 0 spiro atoms. The van der Waals surface area contributed by atoms with Crippen LogP contribution in [0.5, 0.6) is 0 Å². The van der Waals surface area contributed by atoms with Crippen LogP contribution < -0.4 is 5.56 Å². The molecule has 1 unspecified atom stereocenters. The summed E-state index contributed by atoms with van der Waals surface area (Å²) in [6.45, 7) is 0.497. The maximum absolute atomic E-state index is 12.3. The number of carboxylic acids is 1. The zero-order valence-corrected chi connectivity index (χ0v) is 14.5. The lowest BCUT2D eigenvalue weighted by Crippen LogP contribution is -2.48. The molecule has 7 nitrogen and oxygen atoms in total. The van der Waals surface area contributed by atoms with Crippen LogP contribution in [0.15, 0.2) is 22.4 Å². The monoisotopic (exact) mass is 367 g/mol. The van der Waals surface area contributed by atoms with E-state index in [4.69, 9.17) is 0 Å². The van der Waals surface area contributed by atoms with Crippen LogP contribution in [0.4, 0.5) is 0 Å². The number of carbonyl (C=O) groups excluding carboxylic acids is 1. The number of aromatic nitrogens is 2. The van der Waals surface area contributed by atoms with Crippen LogP contribution >= 0.6 is 23.1 Å². The number of piperidine rings is 1. The van der Waals surface area contributed by atoms with Crippen LogP contribution in [-0.4, -0.2) is 49.6 Å². The van der Waals surface area contributed by atoms with Crippen molar-refractivity contribution >= 4 is 39.9 Å². The highest BCUT2D eigenvalue weighted by atomic mass is 32.2. The second-order valence-corrected chi connectivity index (χ2v) is 7.43. The summed E-state index contributed by atoms with van der Waals surface area (Å²) in [5.41, 5.74) is 0.499. The maximum atomic E-state index is 12.3. The van der Waals surface area contributed by atoms with Crippen molar-refractivity contribution < 1.29 is 14.7 Å². The van der Waals surface area contributed by atoms with E-state index >= 15 is 0 Å². The van der Waals surface area contributed by atoms with Crippen molar-refractivity contribution in [2.24, 2.45) is 0 Å². The third-order valence-corrected chi connectivity index (χ3v) is 5.65. The fourth-order valence-corrected chi connectivity index (χ4v) is 4.31. The van der Waals surface area contributed by atoms with Crippen LogP contribution in [0, 0.1) is 0 Å². The zero-order valence-electron chi connectivity index (χ0n) is 12.9. The SMILES string of the molecule is O=C(O)C1CCCCN1C(=O)CSCc1cc(=O)n2ccsc2n1. The van der Waals surface area contributed by atoms with Gasteiger partial charge in [0.05, 0.1) is 11.4 Å². The summed E-state index contributed by atoms with van der Waals surface area (Å²) in [5, 5.41) is 11.0. The van der Waals surface area contributed by atoms with Crippen molar-refractivity contribution in [3.8, 4) is 0 Å². The lowest BCUT2D eigenvalue weighted by Gasteiger charge is -2.32. The Balaban J connectivity index is 1.59. The number of nitrogens with zero attached hydrogens (tertiary/aromatic N) is 3. The van der Waals surface area contributed by atoms with Gasteiger partial charge in [-0.2, -0.15) is 0 Å². The quantitative estimate of drug-likeness (QED) is 0.860. The fraction of sp³-hybridized carbons (Fsp3) is 0.467. The van der Waals surface area contributed by atoms with E-state index in [0.29, 0.717) is 29.4 Å². The van der Waals surface area contributed by atoms with E-state index in [9.17, 15) is 19.5 Å². The average Bonchev–Trinajstić information content (AvgIpc) is 3.04. The summed E-state index contributed by atoms with van der Waals surface area (Å²) in [5.74, 6) is -0.470. The van der Waals surface area contributed by atoms with E-state index in [0.717, 1.165) is 12.8 Å². The van der Waals surface area contributed by atoms with Gasteiger partial charge in [0.2, 0.25) is 5.91 Å². The minimum Gasteiger partial charge on any atom is -0.480 e. The van der Waals surface area contributed by atoms with Crippen molar-refractivity contribution in [3.63, 3.8) is 0 Å². The van der Waals surface area contributed by atoms with E-state index in [1.165, 1.54) is 38.5 Å². The lowest BCUT2D eigenvalue weighted by molar-refractivity contribution is -0.150. The Morgan fingerprint density at radius 2 is 2.25 bits per heavy atom. The summed E-state index contributed by atoms with van der Waals surface area (Å²) in [6, 6.07) is 0.759. The summed E-state index contributed by atoms with van der Waals surface area (Å²) in [6.07, 6.45) is 3.87. The Bertz CT molecular complexity index is 816. The number of fused-ring (bicyclic) bond motifs is 1. The Kier molecular flexibility index (Phi) is 5.20. The number of thiazole rings is 1. The van der Waals surface area contributed by atoms with Gasteiger partial charge in [0.1, 0.15) is 6.04 Å². The van der Waals surface area contributed by atoms with Crippen LogP contribution in [0.3, 0.4) is 0 Å². The third kappa shape index (κ3) is 3.62. The molecule has 0 bridgehead atoms. The molecule has 3 rings (SSSR count). The van der Waals surface area contributed by atoms with Crippen molar-refractivity contribution in [2.45, 2.75) is 31.1 Å². The van der Waals surface area contributed by atoms with E-state index < -0.39 is 12.0 Å². The van der Waals surface area contributed by atoms with Crippen molar-refractivity contribution in [1.29, 1.82) is 0 Å². The predicted octanol–water partition coefficient (Wildman–Crippen LogP) is 1.45. The number of amides is 1.